The molecule has 0 aliphatic rings. The number of hydrogen-bond acceptors (Lipinski definition) is 5. The summed E-state index contributed by atoms with van der Waals surface area (Å²) in [6.07, 6.45) is 1.62. The molecule has 2 aromatic carbocycles. The van der Waals surface area contributed by atoms with Crippen LogP contribution in [0.4, 0.5) is 23.1 Å². The third-order valence-electron chi connectivity index (χ3n) is 3.84. The van der Waals surface area contributed by atoms with E-state index in [-0.39, 0.29) is 0 Å². The molecule has 0 amide bonds. The number of rotatable bonds is 4. The molecule has 0 radical (unpaired) electrons. The average Bonchev–Trinajstić information content (AvgIpc) is 2.54. The Labute approximate surface area is 142 Å². The summed E-state index contributed by atoms with van der Waals surface area (Å²) < 4.78 is 0. The lowest BCUT2D eigenvalue weighted by Gasteiger charge is -2.11. The predicted molar refractivity (Wildman–Crippen MR) is 98.2 cm³/mol. The number of hydrogen-bond donors (Lipinski definition) is 2. The fourth-order valence-corrected chi connectivity index (χ4v) is 2.50. The Hall–Kier alpha value is -2.95. The van der Waals surface area contributed by atoms with Gasteiger partial charge in [-0.3, -0.25) is 0 Å². The molecule has 3 rings (SSSR count). The molecule has 0 saturated heterocycles. The second-order valence-electron chi connectivity index (χ2n) is 6.05. The van der Waals surface area contributed by atoms with Crippen molar-refractivity contribution in [2.75, 3.05) is 10.6 Å². The van der Waals surface area contributed by atoms with E-state index in [1.54, 1.807) is 6.20 Å². The van der Waals surface area contributed by atoms with Crippen molar-refractivity contribution in [3.63, 3.8) is 0 Å². The molecule has 2 N–H and O–H groups in total. The molecule has 0 aliphatic carbocycles. The molecule has 0 saturated carbocycles. The summed E-state index contributed by atoms with van der Waals surface area (Å²) in [6, 6.07) is 12.5. The number of nitrogens with zero attached hydrogens (tertiary/aromatic N) is 3. The Morgan fingerprint density at radius 2 is 1.50 bits per heavy atom. The molecular formula is C19H21N5. The zero-order valence-electron chi connectivity index (χ0n) is 14.4. The highest BCUT2D eigenvalue weighted by Gasteiger charge is 2.05. The SMILES string of the molecule is Cc1ccc(Nc2cnnc(Nc3cc(C)ccc3C)n2)c(C)c1. The zero-order chi connectivity index (χ0) is 17.1. The van der Waals surface area contributed by atoms with E-state index in [1.165, 1.54) is 11.1 Å². The Morgan fingerprint density at radius 1 is 0.750 bits per heavy atom. The summed E-state index contributed by atoms with van der Waals surface area (Å²) >= 11 is 0. The molecule has 1 aromatic heterocycles. The monoisotopic (exact) mass is 319 g/mol. The fraction of sp³-hybridized carbons (Fsp3) is 0.211. The number of aromatic nitrogens is 3. The molecule has 0 atom stereocenters. The van der Waals surface area contributed by atoms with Crippen molar-refractivity contribution in [1.29, 1.82) is 0 Å². The molecule has 122 valence electrons. The molecule has 24 heavy (non-hydrogen) atoms. The van der Waals surface area contributed by atoms with E-state index in [0.29, 0.717) is 11.8 Å². The molecule has 0 unspecified atom stereocenters. The van der Waals surface area contributed by atoms with Crippen LogP contribution in [0.2, 0.25) is 0 Å². The van der Waals surface area contributed by atoms with Crippen molar-refractivity contribution in [1.82, 2.24) is 15.2 Å². The smallest absolute Gasteiger partial charge is 0.249 e. The van der Waals surface area contributed by atoms with Crippen LogP contribution in [0.5, 0.6) is 0 Å². The quantitative estimate of drug-likeness (QED) is 0.736. The fourth-order valence-electron chi connectivity index (χ4n) is 2.50. The van der Waals surface area contributed by atoms with Crippen LogP contribution in [0.3, 0.4) is 0 Å². The summed E-state index contributed by atoms with van der Waals surface area (Å²) in [5.41, 5.74) is 6.71. The van der Waals surface area contributed by atoms with Gasteiger partial charge in [-0.25, -0.2) is 0 Å². The number of benzene rings is 2. The third-order valence-corrected chi connectivity index (χ3v) is 3.84. The minimum atomic E-state index is 0.471. The van der Waals surface area contributed by atoms with Gasteiger partial charge in [0.2, 0.25) is 5.95 Å². The summed E-state index contributed by atoms with van der Waals surface area (Å²) in [7, 11) is 0. The molecule has 3 aromatic rings. The van der Waals surface area contributed by atoms with Crippen LogP contribution in [0.15, 0.2) is 42.6 Å². The van der Waals surface area contributed by atoms with E-state index in [2.05, 4.69) is 76.9 Å². The van der Waals surface area contributed by atoms with Crippen molar-refractivity contribution in [3.05, 3.63) is 64.8 Å². The van der Waals surface area contributed by atoms with Crippen LogP contribution in [-0.4, -0.2) is 15.2 Å². The van der Waals surface area contributed by atoms with Gasteiger partial charge >= 0.3 is 0 Å². The lowest BCUT2D eigenvalue weighted by molar-refractivity contribution is 0.981. The topological polar surface area (TPSA) is 62.7 Å². The van der Waals surface area contributed by atoms with E-state index in [9.17, 15) is 0 Å². The van der Waals surface area contributed by atoms with E-state index in [0.717, 1.165) is 22.5 Å². The van der Waals surface area contributed by atoms with Crippen molar-refractivity contribution < 1.29 is 0 Å². The third kappa shape index (κ3) is 3.68. The Bertz CT molecular complexity index is 873. The van der Waals surface area contributed by atoms with E-state index in [4.69, 9.17) is 0 Å². The molecule has 0 bridgehead atoms. The molecule has 5 heteroatoms. The Morgan fingerprint density at radius 3 is 2.29 bits per heavy atom. The van der Waals surface area contributed by atoms with Crippen molar-refractivity contribution in [2.24, 2.45) is 0 Å². The Kier molecular flexibility index (Phi) is 4.42. The normalized spacial score (nSPS) is 10.5. The minimum Gasteiger partial charge on any atom is -0.339 e. The summed E-state index contributed by atoms with van der Waals surface area (Å²) in [6.45, 7) is 8.25. The van der Waals surface area contributed by atoms with Gasteiger partial charge in [0.1, 0.15) is 0 Å². The summed E-state index contributed by atoms with van der Waals surface area (Å²) in [5, 5.41) is 14.6. The number of anilines is 4. The summed E-state index contributed by atoms with van der Waals surface area (Å²) in [4.78, 5) is 4.50. The number of nitrogens with one attached hydrogen (secondary N) is 2. The Balaban J connectivity index is 1.82. The van der Waals surface area contributed by atoms with Crippen LogP contribution in [0, 0.1) is 27.7 Å². The largest absolute Gasteiger partial charge is 0.339 e. The van der Waals surface area contributed by atoms with Gasteiger partial charge in [-0.05, 0) is 56.5 Å². The van der Waals surface area contributed by atoms with E-state index >= 15 is 0 Å². The first-order valence-corrected chi connectivity index (χ1v) is 7.89. The molecule has 5 nitrogen and oxygen atoms in total. The van der Waals surface area contributed by atoms with Crippen molar-refractivity contribution in [3.8, 4) is 0 Å². The highest BCUT2D eigenvalue weighted by atomic mass is 15.3. The van der Waals surface area contributed by atoms with Crippen LogP contribution in [0.25, 0.3) is 0 Å². The predicted octanol–water partition coefficient (Wildman–Crippen LogP) is 4.59. The van der Waals surface area contributed by atoms with Gasteiger partial charge in [-0.2, -0.15) is 10.1 Å². The second-order valence-corrected chi connectivity index (χ2v) is 6.05. The lowest BCUT2D eigenvalue weighted by Crippen LogP contribution is -2.04. The van der Waals surface area contributed by atoms with Crippen LogP contribution >= 0.6 is 0 Å². The molecule has 0 fully saturated rings. The van der Waals surface area contributed by atoms with Crippen LogP contribution in [-0.2, 0) is 0 Å². The van der Waals surface area contributed by atoms with Gasteiger partial charge in [0.25, 0.3) is 0 Å². The van der Waals surface area contributed by atoms with E-state index < -0.39 is 0 Å². The lowest BCUT2D eigenvalue weighted by atomic mass is 10.1. The number of aryl methyl sites for hydroxylation is 4. The minimum absolute atomic E-state index is 0.471. The summed E-state index contributed by atoms with van der Waals surface area (Å²) in [5.74, 6) is 1.13. The second kappa shape index (κ2) is 6.66. The van der Waals surface area contributed by atoms with Gasteiger partial charge in [0.15, 0.2) is 5.82 Å². The van der Waals surface area contributed by atoms with E-state index in [1.807, 2.05) is 13.0 Å². The maximum atomic E-state index is 4.50. The molecular weight excluding hydrogens is 298 g/mol. The van der Waals surface area contributed by atoms with Gasteiger partial charge in [-0.1, -0.05) is 29.8 Å². The van der Waals surface area contributed by atoms with Crippen LogP contribution < -0.4 is 10.6 Å². The molecule has 0 aliphatic heterocycles. The van der Waals surface area contributed by atoms with Crippen molar-refractivity contribution in [2.45, 2.75) is 27.7 Å². The standard InChI is InChI=1S/C19H21N5/c1-12-6-8-16(15(4)9-12)21-18-11-20-24-19(23-18)22-17-10-13(2)5-7-14(17)3/h5-11H,1-4H3,(H2,21,22,23,24). The van der Waals surface area contributed by atoms with Gasteiger partial charge in [0, 0.05) is 11.4 Å². The first kappa shape index (κ1) is 15.9. The van der Waals surface area contributed by atoms with Gasteiger partial charge in [0.05, 0.1) is 6.20 Å². The molecule has 1 heterocycles. The van der Waals surface area contributed by atoms with Crippen LogP contribution in [0.1, 0.15) is 22.3 Å². The maximum absolute atomic E-state index is 4.50. The van der Waals surface area contributed by atoms with Gasteiger partial charge < -0.3 is 10.6 Å². The van der Waals surface area contributed by atoms with Crippen molar-refractivity contribution >= 4 is 23.1 Å². The zero-order valence-corrected chi connectivity index (χ0v) is 14.4. The van der Waals surface area contributed by atoms with Gasteiger partial charge in [-0.15, -0.1) is 5.10 Å². The highest BCUT2D eigenvalue weighted by molar-refractivity contribution is 5.63. The maximum Gasteiger partial charge on any atom is 0.249 e. The molecule has 0 spiro atoms. The first-order chi connectivity index (χ1) is 11.5. The first-order valence-electron chi connectivity index (χ1n) is 7.89. The average molecular weight is 319 g/mol. The highest BCUT2D eigenvalue weighted by Crippen LogP contribution is 2.22.